The highest BCUT2D eigenvalue weighted by atomic mass is 79.9. The van der Waals surface area contributed by atoms with Gasteiger partial charge in [0.25, 0.3) is 0 Å². The quantitative estimate of drug-likeness (QED) is 0.858. The first-order valence-electron chi connectivity index (χ1n) is 6.43. The van der Waals surface area contributed by atoms with Crippen LogP contribution in [0.15, 0.2) is 52.1 Å². The summed E-state index contributed by atoms with van der Waals surface area (Å²) in [5.74, 6) is 0.883. The number of hydrogen-bond donors (Lipinski definition) is 1. The molecule has 0 saturated carbocycles. The van der Waals surface area contributed by atoms with Gasteiger partial charge >= 0.3 is 0 Å². The van der Waals surface area contributed by atoms with Crippen molar-refractivity contribution in [2.75, 3.05) is 11.9 Å². The third-order valence-corrected chi connectivity index (χ3v) is 3.56. The van der Waals surface area contributed by atoms with E-state index in [1.54, 1.807) is 0 Å². The first-order valence-corrected chi connectivity index (χ1v) is 7.22. The lowest BCUT2D eigenvalue weighted by Gasteiger charge is -2.12. The second-order valence-electron chi connectivity index (χ2n) is 4.64. The molecule has 0 fully saturated rings. The molecular weight excluding hydrogens is 314 g/mol. The van der Waals surface area contributed by atoms with Gasteiger partial charge in [0.15, 0.2) is 0 Å². The maximum Gasteiger partial charge on any atom is 0.133 e. The minimum atomic E-state index is 0.671. The Hall–Kier alpha value is -1.94. The molecule has 2 heterocycles. The number of fused-ring (bicyclic) bond motifs is 1. The van der Waals surface area contributed by atoms with Crippen molar-refractivity contribution in [2.45, 2.75) is 6.92 Å². The zero-order valence-corrected chi connectivity index (χ0v) is 12.7. The Morgan fingerprint density at radius 2 is 2.15 bits per heavy atom. The molecule has 1 aliphatic rings. The summed E-state index contributed by atoms with van der Waals surface area (Å²) in [5.41, 5.74) is 4.18. The smallest absolute Gasteiger partial charge is 0.133 e. The molecule has 1 N–H and O–H groups in total. The fraction of sp³-hybridized carbons (Fsp3) is 0.125. The fourth-order valence-electron chi connectivity index (χ4n) is 2.13. The summed E-state index contributed by atoms with van der Waals surface area (Å²) in [5, 5.41) is 3.40. The van der Waals surface area contributed by atoms with E-state index in [0.717, 1.165) is 32.8 Å². The van der Waals surface area contributed by atoms with Gasteiger partial charge in [0.1, 0.15) is 5.84 Å². The Labute approximate surface area is 126 Å². The Kier molecular flexibility index (Phi) is 3.65. The number of anilines is 1. The molecule has 0 radical (unpaired) electrons. The van der Waals surface area contributed by atoms with E-state index >= 15 is 0 Å². The van der Waals surface area contributed by atoms with Crippen LogP contribution < -0.4 is 5.32 Å². The van der Waals surface area contributed by atoms with Gasteiger partial charge in [-0.3, -0.25) is 9.98 Å². The van der Waals surface area contributed by atoms with Crippen LogP contribution in [0, 0.1) is 6.92 Å². The third-order valence-electron chi connectivity index (χ3n) is 3.07. The van der Waals surface area contributed by atoms with Crippen molar-refractivity contribution in [1.82, 2.24) is 4.98 Å². The third kappa shape index (κ3) is 2.80. The molecule has 0 unspecified atom stereocenters. The van der Waals surface area contributed by atoms with Gasteiger partial charge < -0.3 is 5.32 Å². The number of aromatic nitrogens is 1. The standard InChI is InChI=1S/C16H14BrN3/c1-11-8-15-12(10-19-11)4-3-7-18-16(15)20-14-6-2-5-13(17)9-14/h2-6,8-10H,7H2,1H3,(H,18,20). The van der Waals surface area contributed by atoms with Crippen molar-refractivity contribution < 1.29 is 0 Å². The van der Waals surface area contributed by atoms with Crippen LogP contribution in [0.2, 0.25) is 0 Å². The second kappa shape index (κ2) is 5.59. The van der Waals surface area contributed by atoms with E-state index in [4.69, 9.17) is 0 Å². The summed E-state index contributed by atoms with van der Waals surface area (Å²) in [6.07, 6.45) is 6.01. The number of benzene rings is 1. The number of amidine groups is 1. The normalized spacial score (nSPS) is 13.4. The summed E-state index contributed by atoms with van der Waals surface area (Å²) in [7, 11) is 0. The molecule has 1 aliphatic heterocycles. The first-order chi connectivity index (χ1) is 9.72. The van der Waals surface area contributed by atoms with E-state index in [9.17, 15) is 0 Å². The van der Waals surface area contributed by atoms with Crippen LogP contribution in [-0.2, 0) is 0 Å². The summed E-state index contributed by atoms with van der Waals surface area (Å²) in [6, 6.07) is 10.1. The van der Waals surface area contributed by atoms with Gasteiger partial charge in [-0.1, -0.05) is 34.1 Å². The van der Waals surface area contributed by atoms with Crippen molar-refractivity contribution in [3.8, 4) is 0 Å². The van der Waals surface area contributed by atoms with Crippen molar-refractivity contribution in [2.24, 2.45) is 4.99 Å². The maximum atomic E-state index is 4.61. The molecule has 20 heavy (non-hydrogen) atoms. The molecule has 1 aromatic heterocycles. The lowest BCUT2D eigenvalue weighted by molar-refractivity contribution is 1.19. The zero-order chi connectivity index (χ0) is 13.9. The number of nitrogens with zero attached hydrogens (tertiary/aromatic N) is 2. The van der Waals surface area contributed by atoms with Gasteiger partial charge in [-0.05, 0) is 31.2 Å². The molecule has 3 nitrogen and oxygen atoms in total. The molecule has 0 amide bonds. The molecule has 0 saturated heterocycles. The second-order valence-corrected chi connectivity index (χ2v) is 5.56. The number of aliphatic imine (C=N–C) groups is 1. The van der Waals surface area contributed by atoms with Crippen molar-refractivity contribution >= 4 is 33.5 Å². The van der Waals surface area contributed by atoms with E-state index in [1.165, 1.54) is 0 Å². The van der Waals surface area contributed by atoms with Crippen LogP contribution in [0.25, 0.3) is 6.08 Å². The SMILES string of the molecule is Cc1cc2c(cn1)C=CCN=C2Nc1cccc(Br)c1. The Morgan fingerprint density at radius 1 is 1.25 bits per heavy atom. The van der Waals surface area contributed by atoms with E-state index in [0.29, 0.717) is 6.54 Å². The minimum absolute atomic E-state index is 0.671. The predicted molar refractivity (Wildman–Crippen MR) is 87.2 cm³/mol. The topological polar surface area (TPSA) is 37.3 Å². The largest absolute Gasteiger partial charge is 0.340 e. The highest BCUT2D eigenvalue weighted by Gasteiger charge is 2.11. The summed E-state index contributed by atoms with van der Waals surface area (Å²) in [4.78, 5) is 8.95. The monoisotopic (exact) mass is 327 g/mol. The molecule has 4 heteroatoms. The van der Waals surface area contributed by atoms with Crippen LogP contribution in [0.1, 0.15) is 16.8 Å². The van der Waals surface area contributed by atoms with Crippen molar-refractivity contribution in [3.05, 3.63) is 63.9 Å². The molecule has 0 atom stereocenters. The predicted octanol–water partition coefficient (Wildman–Crippen LogP) is 4.04. The Morgan fingerprint density at radius 3 is 3.00 bits per heavy atom. The van der Waals surface area contributed by atoms with Gasteiger partial charge in [0.2, 0.25) is 0 Å². The molecule has 100 valence electrons. The van der Waals surface area contributed by atoms with Crippen LogP contribution in [0.5, 0.6) is 0 Å². The van der Waals surface area contributed by atoms with Crippen molar-refractivity contribution in [3.63, 3.8) is 0 Å². The van der Waals surface area contributed by atoms with Gasteiger partial charge in [0.05, 0.1) is 6.54 Å². The number of rotatable bonds is 1. The first kappa shape index (κ1) is 13.1. The molecule has 2 aromatic rings. The number of pyridine rings is 1. The van der Waals surface area contributed by atoms with E-state index in [2.05, 4.69) is 43.4 Å². The van der Waals surface area contributed by atoms with Gasteiger partial charge in [0, 0.05) is 33.2 Å². The van der Waals surface area contributed by atoms with E-state index < -0.39 is 0 Å². The molecular formula is C16H14BrN3. The molecule has 0 bridgehead atoms. The molecule has 1 aromatic carbocycles. The van der Waals surface area contributed by atoms with Crippen molar-refractivity contribution in [1.29, 1.82) is 0 Å². The Bertz CT molecular complexity index is 705. The average molecular weight is 328 g/mol. The maximum absolute atomic E-state index is 4.61. The zero-order valence-electron chi connectivity index (χ0n) is 11.1. The summed E-state index contributed by atoms with van der Waals surface area (Å²) in [6.45, 7) is 2.66. The summed E-state index contributed by atoms with van der Waals surface area (Å²) >= 11 is 3.48. The van der Waals surface area contributed by atoms with Crippen LogP contribution >= 0.6 is 15.9 Å². The number of aryl methyl sites for hydroxylation is 1. The van der Waals surface area contributed by atoms with Gasteiger partial charge in [-0.2, -0.15) is 0 Å². The van der Waals surface area contributed by atoms with Gasteiger partial charge in [-0.25, -0.2) is 0 Å². The molecule has 0 aliphatic carbocycles. The number of halogens is 1. The van der Waals surface area contributed by atoms with E-state index in [-0.39, 0.29) is 0 Å². The lowest BCUT2D eigenvalue weighted by Crippen LogP contribution is -2.15. The average Bonchev–Trinajstić information content (AvgIpc) is 2.62. The molecule has 3 rings (SSSR count). The van der Waals surface area contributed by atoms with Crippen LogP contribution in [0.4, 0.5) is 5.69 Å². The Balaban J connectivity index is 1.99. The van der Waals surface area contributed by atoms with Crippen LogP contribution in [0.3, 0.4) is 0 Å². The van der Waals surface area contributed by atoms with Gasteiger partial charge in [-0.15, -0.1) is 0 Å². The van der Waals surface area contributed by atoms with E-state index in [1.807, 2.05) is 43.5 Å². The summed E-state index contributed by atoms with van der Waals surface area (Å²) < 4.78 is 1.04. The highest BCUT2D eigenvalue weighted by molar-refractivity contribution is 9.10. The number of hydrogen-bond acceptors (Lipinski definition) is 3. The minimum Gasteiger partial charge on any atom is -0.340 e. The molecule has 0 spiro atoms. The fourth-order valence-corrected chi connectivity index (χ4v) is 2.53. The lowest BCUT2D eigenvalue weighted by atomic mass is 10.1. The number of nitrogens with one attached hydrogen (secondary N) is 1. The highest BCUT2D eigenvalue weighted by Crippen LogP contribution is 2.20. The van der Waals surface area contributed by atoms with Crippen LogP contribution in [-0.4, -0.2) is 17.4 Å².